The molecule has 134 valence electrons. The van der Waals surface area contributed by atoms with Gasteiger partial charge in [0.25, 0.3) is 11.7 Å². The van der Waals surface area contributed by atoms with E-state index < -0.39 is 11.7 Å². The molecule has 0 fully saturated rings. The summed E-state index contributed by atoms with van der Waals surface area (Å²) >= 11 is 0.281. The monoisotopic (exact) mass is 365 g/mol. The van der Waals surface area contributed by atoms with E-state index in [1.807, 2.05) is 38.1 Å². The first kappa shape index (κ1) is 19.2. The summed E-state index contributed by atoms with van der Waals surface area (Å²) in [5.74, 6) is -3.00. The number of nitrogens with one attached hydrogen (secondary N) is 1. The lowest BCUT2D eigenvalue weighted by molar-refractivity contribution is 0.0951. The molecule has 25 heavy (non-hydrogen) atoms. The van der Waals surface area contributed by atoms with Gasteiger partial charge in [-0.15, -0.1) is 0 Å². The van der Waals surface area contributed by atoms with Crippen molar-refractivity contribution in [1.29, 1.82) is 0 Å². The third kappa shape index (κ3) is 5.42. The van der Waals surface area contributed by atoms with E-state index in [9.17, 15) is 13.6 Å². The van der Waals surface area contributed by atoms with Crippen LogP contribution in [0, 0.1) is 6.92 Å². The highest BCUT2D eigenvalue weighted by molar-refractivity contribution is 7.99. The molecule has 7 heteroatoms. The second-order valence-corrected chi connectivity index (χ2v) is 6.34. The summed E-state index contributed by atoms with van der Waals surface area (Å²) in [5.41, 5.74) is 2.46. The van der Waals surface area contributed by atoms with Gasteiger partial charge in [-0.05, 0) is 49.4 Å². The SMILES string of the molecule is CCN(CCNC(=O)c1cccnc1SC(F)F)c1ccccc1C. The number of pyridine rings is 1. The van der Waals surface area contributed by atoms with E-state index in [0.29, 0.717) is 13.1 Å². The maximum Gasteiger partial charge on any atom is 0.290 e. The van der Waals surface area contributed by atoms with Crippen molar-refractivity contribution in [3.05, 3.63) is 53.7 Å². The Balaban J connectivity index is 1.97. The molecule has 0 radical (unpaired) electrons. The van der Waals surface area contributed by atoms with Crippen LogP contribution < -0.4 is 10.2 Å². The van der Waals surface area contributed by atoms with E-state index in [1.165, 1.54) is 17.8 Å². The molecule has 1 amide bonds. The summed E-state index contributed by atoms with van der Waals surface area (Å²) < 4.78 is 25.2. The molecule has 0 aliphatic rings. The number of benzene rings is 1. The van der Waals surface area contributed by atoms with Gasteiger partial charge in [0.15, 0.2) is 0 Å². The zero-order chi connectivity index (χ0) is 18.2. The molecular formula is C18H21F2N3OS. The van der Waals surface area contributed by atoms with E-state index >= 15 is 0 Å². The zero-order valence-electron chi connectivity index (χ0n) is 14.2. The normalized spacial score (nSPS) is 10.8. The van der Waals surface area contributed by atoms with Gasteiger partial charge in [-0.1, -0.05) is 18.2 Å². The Bertz CT molecular complexity index is 712. The van der Waals surface area contributed by atoms with E-state index in [-0.39, 0.29) is 22.4 Å². The van der Waals surface area contributed by atoms with Crippen molar-refractivity contribution in [3.8, 4) is 0 Å². The first-order valence-corrected chi connectivity index (χ1v) is 8.89. The number of aryl methyl sites for hydroxylation is 1. The van der Waals surface area contributed by atoms with Crippen LogP contribution in [0.1, 0.15) is 22.8 Å². The van der Waals surface area contributed by atoms with Gasteiger partial charge >= 0.3 is 0 Å². The molecule has 2 aromatic rings. The number of likely N-dealkylation sites (N-methyl/N-ethyl adjacent to an activating group) is 1. The van der Waals surface area contributed by atoms with Crippen LogP contribution in [-0.4, -0.2) is 36.3 Å². The lowest BCUT2D eigenvalue weighted by Gasteiger charge is -2.25. The van der Waals surface area contributed by atoms with E-state index in [0.717, 1.165) is 12.2 Å². The largest absolute Gasteiger partial charge is 0.370 e. The van der Waals surface area contributed by atoms with Gasteiger partial charge in [0.05, 0.1) is 5.56 Å². The maximum atomic E-state index is 12.6. The van der Waals surface area contributed by atoms with Crippen LogP contribution in [-0.2, 0) is 0 Å². The minimum atomic E-state index is -2.61. The number of thioether (sulfide) groups is 1. The summed E-state index contributed by atoms with van der Waals surface area (Å²) in [6.07, 6.45) is 1.40. The first-order chi connectivity index (χ1) is 12.0. The van der Waals surface area contributed by atoms with E-state index in [1.54, 1.807) is 6.07 Å². The lowest BCUT2D eigenvalue weighted by Crippen LogP contribution is -2.35. The summed E-state index contributed by atoms with van der Waals surface area (Å²) in [6, 6.07) is 11.1. The fourth-order valence-corrected chi connectivity index (χ4v) is 3.09. The molecule has 0 spiro atoms. The Morgan fingerprint density at radius 3 is 2.72 bits per heavy atom. The molecule has 2 rings (SSSR count). The number of halogens is 2. The second kappa shape index (κ2) is 9.36. The number of carbonyl (C=O) groups is 1. The Hall–Kier alpha value is -2.15. The summed E-state index contributed by atoms with van der Waals surface area (Å²) in [7, 11) is 0. The minimum absolute atomic E-state index is 0.0428. The van der Waals surface area contributed by atoms with Crippen molar-refractivity contribution < 1.29 is 13.6 Å². The molecule has 1 N–H and O–H groups in total. The molecular weight excluding hydrogens is 344 g/mol. The standard InChI is InChI=1S/C18H21F2N3OS/c1-3-23(15-9-5-4-7-13(15)2)12-11-21-16(24)14-8-6-10-22-17(14)25-18(19)20/h4-10,18H,3,11-12H2,1-2H3,(H,21,24). The molecule has 0 saturated heterocycles. The molecule has 0 unspecified atom stereocenters. The summed E-state index contributed by atoms with van der Waals surface area (Å²) in [4.78, 5) is 18.3. The predicted molar refractivity (Wildman–Crippen MR) is 97.5 cm³/mol. The highest BCUT2D eigenvalue weighted by atomic mass is 32.2. The van der Waals surface area contributed by atoms with Crippen LogP contribution in [0.15, 0.2) is 47.6 Å². The number of para-hydroxylation sites is 1. The molecule has 0 atom stereocenters. The molecule has 1 aromatic heterocycles. The van der Waals surface area contributed by atoms with Crippen molar-refractivity contribution in [1.82, 2.24) is 10.3 Å². The molecule has 0 bridgehead atoms. The molecule has 0 aliphatic heterocycles. The van der Waals surface area contributed by atoms with Crippen molar-refractivity contribution in [3.63, 3.8) is 0 Å². The molecule has 1 heterocycles. The van der Waals surface area contributed by atoms with Crippen LogP contribution in [0.5, 0.6) is 0 Å². The average molecular weight is 365 g/mol. The smallest absolute Gasteiger partial charge is 0.290 e. The maximum absolute atomic E-state index is 12.6. The topological polar surface area (TPSA) is 45.2 Å². The van der Waals surface area contributed by atoms with Crippen molar-refractivity contribution in [2.24, 2.45) is 0 Å². The van der Waals surface area contributed by atoms with Crippen molar-refractivity contribution >= 4 is 23.4 Å². The highest BCUT2D eigenvalue weighted by Gasteiger charge is 2.16. The third-order valence-corrected chi connectivity index (χ3v) is 4.45. The van der Waals surface area contributed by atoms with Gasteiger partial charge < -0.3 is 10.2 Å². The zero-order valence-corrected chi connectivity index (χ0v) is 15.0. The Morgan fingerprint density at radius 1 is 1.28 bits per heavy atom. The number of rotatable bonds is 8. The van der Waals surface area contributed by atoms with Crippen LogP contribution in [0.4, 0.5) is 14.5 Å². The first-order valence-electron chi connectivity index (χ1n) is 8.01. The highest BCUT2D eigenvalue weighted by Crippen LogP contribution is 2.26. The third-order valence-electron chi connectivity index (χ3n) is 3.72. The lowest BCUT2D eigenvalue weighted by atomic mass is 10.2. The van der Waals surface area contributed by atoms with E-state index in [2.05, 4.69) is 15.2 Å². The fourth-order valence-electron chi connectivity index (χ4n) is 2.51. The van der Waals surface area contributed by atoms with Gasteiger partial charge in [0, 0.05) is 31.5 Å². The van der Waals surface area contributed by atoms with Crippen LogP contribution in [0.3, 0.4) is 0 Å². The van der Waals surface area contributed by atoms with Crippen molar-refractivity contribution in [2.75, 3.05) is 24.5 Å². The van der Waals surface area contributed by atoms with Gasteiger partial charge in [-0.2, -0.15) is 8.78 Å². The van der Waals surface area contributed by atoms with Gasteiger partial charge in [0.2, 0.25) is 0 Å². The number of hydrogen-bond acceptors (Lipinski definition) is 4. The molecule has 1 aromatic carbocycles. The summed E-state index contributed by atoms with van der Waals surface area (Å²) in [5, 5.41) is 2.83. The van der Waals surface area contributed by atoms with Crippen LogP contribution >= 0.6 is 11.8 Å². The number of alkyl halides is 2. The molecule has 0 aliphatic carbocycles. The van der Waals surface area contributed by atoms with E-state index in [4.69, 9.17) is 0 Å². The summed E-state index contributed by atoms with van der Waals surface area (Å²) in [6.45, 7) is 5.94. The Labute approximate surface area is 150 Å². The minimum Gasteiger partial charge on any atom is -0.370 e. The Morgan fingerprint density at radius 2 is 2.04 bits per heavy atom. The number of anilines is 1. The van der Waals surface area contributed by atoms with Crippen LogP contribution in [0.2, 0.25) is 0 Å². The number of hydrogen-bond donors (Lipinski definition) is 1. The van der Waals surface area contributed by atoms with Crippen molar-refractivity contribution in [2.45, 2.75) is 24.6 Å². The number of nitrogens with zero attached hydrogens (tertiary/aromatic N) is 2. The number of amides is 1. The molecule has 4 nitrogen and oxygen atoms in total. The fraction of sp³-hybridized carbons (Fsp3) is 0.333. The Kier molecular flexibility index (Phi) is 7.18. The van der Waals surface area contributed by atoms with Gasteiger partial charge in [-0.3, -0.25) is 4.79 Å². The predicted octanol–water partition coefficient (Wildman–Crippen LogP) is 3.96. The quantitative estimate of drug-likeness (QED) is 0.719. The average Bonchev–Trinajstić information content (AvgIpc) is 2.59. The second-order valence-electron chi connectivity index (χ2n) is 5.36. The number of carbonyl (C=O) groups excluding carboxylic acids is 1. The van der Waals surface area contributed by atoms with Crippen LogP contribution in [0.25, 0.3) is 0 Å². The molecule has 0 saturated carbocycles. The van der Waals surface area contributed by atoms with Gasteiger partial charge in [0.1, 0.15) is 5.03 Å². The number of aromatic nitrogens is 1. The van der Waals surface area contributed by atoms with Gasteiger partial charge in [-0.25, -0.2) is 4.98 Å².